The summed E-state index contributed by atoms with van der Waals surface area (Å²) in [6, 6.07) is 0.693. The maximum atomic E-state index is 4.40. The van der Waals surface area contributed by atoms with Crippen molar-refractivity contribution >= 4 is 15.9 Å². The van der Waals surface area contributed by atoms with E-state index in [0.717, 1.165) is 4.47 Å². The maximum Gasteiger partial charge on any atom is 0.0632 e. The first-order chi connectivity index (χ1) is 6.30. The molecule has 2 saturated carbocycles. The van der Waals surface area contributed by atoms with Crippen molar-refractivity contribution in [2.45, 2.75) is 38.1 Å². The number of rotatable bonds is 1. The summed E-state index contributed by atoms with van der Waals surface area (Å²) in [5, 5.41) is 4.40. The highest BCUT2D eigenvalue weighted by Crippen LogP contribution is 2.63. The van der Waals surface area contributed by atoms with Gasteiger partial charge in [-0.2, -0.15) is 5.10 Å². The average Bonchev–Trinajstić information content (AvgIpc) is 2.55. The van der Waals surface area contributed by atoms with Crippen molar-refractivity contribution in [3.05, 3.63) is 16.9 Å². The second-order valence-electron chi connectivity index (χ2n) is 4.41. The SMILES string of the molecule is Brc1cnn(C2CCCC23CC3)c1. The van der Waals surface area contributed by atoms with Crippen LogP contribution in [0.4, 0.5) is 0 Å². The molecule has 2 fully saturated rings. The van der Waals surface area contributed by atoms with Crippen LogP contribution in [0.5, 0.6) is 0 Å². The molecule has 0 aromatic carbocycles. The van der Waals surface area contributed by atoms with Crippen molar-refractivity contribution in [3.63, 3.8) is 0 Å². The van der Waals surface area contributed by atoms with E-state index in [2.05, 4.69) is 31.9 Å². The van der Waals surface area contributed by atoms with Crippen LogP contribution < -0.4 is 0 Å². The third-order valence-electron chi connectivity index (χ3n) is 3.64. The quantitative estimate of drug-likeness (QED) is 0.738. The highest BCUT2D eigenvalue weighted by Gasteiger charge is 2.52. The van der Waals surface area contributed by atoms with Crippen LogP contribution >= 0.6 is 15.9 Å². The predicted molar refractivity (Wildman–Crippen MR) is 54.5 cm³/mol. The van der Waals surface area contributed by atoms with Gasteiger partial charge in [0.05, 0.1) is 16.7 Å². The molecular weight excluding hydrogens is 228 g/mol. The average molecular weight is 241 g/mol. The molecule has 1 spiro atoms. The van der Waals surface area contributed by atoms with Gasteiger partial charge in [0.1, 0.15) is 0 Å². The van der Waals surface area contributed by atoms with Crippen molar-refractivity contribution < 1.29 is 0 Å². The van der Waals surface area contributed by atoms with E-state index in [1.807, 2.05) is 6.20 Å². The van der Waals surface area contributed by atoms with Crippen molar-refractivity contribution in [1.82, 2.24) is 9.78 Å². The van der Waals surface area contributed by atoms with Gasteiger partial charge in [0.25, 0.3) is 0 Å². The first kappa shape index (κ1) is 8.04. The minimum atomic E-state index is 0.658. The Bertz CT molecular complexity index is 327. The Morgan fingerprint density at radius 3 is 2.92 bits per heavy atom. The second-order valence-corrected chi connectivity index (χ2v) is 5.32. The van der Waals surface area contributed by atoms with Gasteiger partial charge in [0, 0.05) is 6.20 Å². The monoisotopic (exact) mass is 240 g/mol. The Kier molecular flexibility index (Phi) is 1.60. The molecule has 1 aromatic rings. The Morgan fingerprint density at radius 2 is 2.31 bits per heavy atom. The van der Waals surface area contributed by atoms with Crippen LogP contribution in [0.15, 0.2) is 16.9 Å². The summed E-state index contributed by atoms with van der Waals surface area (Å²) < 4.78 is 3.28. The molecule has 2 nitrogen and oxygen atoms in total. The molecule has 0 amide bonds. The molecule has 1 aromatic heterocycles. The summed E-state index contributed by atoms with van der Waals surface area (Å²) in [7, 11) is 0. The van der Waals surface area contributed by atoms with E-state index in [-0.39, 0.29) is 0 Å². The van der Waals surface area contributed by atoms with Gasteiger partial charge in [-0.15, -0.1) is 0 Å². The number of hydrogen-bond donors (Lipinski definition) is 0. The molecule has 1 heterocycles. The van der Waals surface area contributed by atoms with Crippen LogP contribution in [0.3, 0.4) is 0 Å². The first-order valence-electron chi connectivity index (χ1n) is 5.00. The van der Waals surface area contributed by atoms with Crippen LogP contribution in [0, 0.1) is 5.41 Å². The van der Waals surface area contributed by atoms with Gasteiger partial charge in [-0.1, -0.05) is 6.42 Å². The Labute approximate surface area is 86.4 Å². The topological polar surface area (TPSA) is 17.8 Å². The van der Waals surface area contributed by atoms with Crippen LogP contribution in [-0.2, 0) is 0 Å². The molecule has 1 unspecified atom stereocenters. The Hall–Kier alpha value is -0.310. The largest absolute Gasteiger partial charge is 0.268 e. The molecule has 0 N–H and O–H groups in total. The van der Waals surface area contributed by atoms with Crippen LogP contribution in [0.2, 0.25) is 0 Å². The van der Waals surface area contributed by atoms with Crippen molar-refractivity contribution in [3.8, 4) is 0 Å². The van der Waals surface area contributed by atoms with Crippen LogP contribution in [0.1, 0.15) is 38.1 Å². The Balaban J connectivity index is 1.92. The third kappa shape index (κ3) is 1.17. The Morgan fingerprint density at radius 1 is 1.46 bits per heavy atom. The lowest BCUT2D eigenvalue weighted by molar-refractivity contribution is 0.331. The van der Waals surface area contributed by atoms with E-state index in [9.17, 15) is 0 Å². The standard InChI is InChI=1S/C10H13BrN2/c11-8-6-12-13(7-8)9-2-1-3-10(9)4-5-10/h6-7,9H,1-5H2. The minimum absolute atomic E-state index is 0.658. The van der Waals surface area contributed by atoms with Gasteiger partial charge in [-0.25, -0.2) is 0 Å². The summed E-state index contributed by atoms with van der Waals surface area (Å²) in [4.78, 5) is 0. The number of aromatic nitrogens is 2. The zero-order chi connectivity index (χ0) is 8.89. The molecule has 0 bridgehead atoms. The lowest BCUT2D eigenvalue weighted by atomic mass is 10.0. The molecule has 0 aliphatic heterocycles. The van der Waals surface area contributed by atoms with Crippen LogP contribution in [-0.4, -0.2) is 9.78 Å². The van der Waals surface area contributed by atoms with Gasteiger partial charge < -0.3 is 0 Å². The van der Waals surface area contributed by atoms with Gasteiger partial charge in [-0.3, -0.25) is 4.68 Å². The summed E-state index contributed by atoms with van der Waals surface area (Å²) in [5.41, 5.74) is 0.658. The van der Waals surface area contributed by atoms with E-state index < -0.39 is 0 Å². The van der Waals surface area contributed by atoms with E-state index >= 15 is 0 Å². The predicted octanol–water partition coefficient (Wildman–Crippen LogP) is 3.15. The normalized spacial score (nSPS) is 29.8. The molecule has 3 heteroatoms. The smallest absolute Gasteiger partial charge is 0.0632 e. The van der Waals surface area contributed by atoms with E-state index in [4.69, 9.17) is 0 Å². The number of hydrogen-bond acceptors (Lipinski definition) is 1. The van der Waals surface area contributed by atoms with Crippen molar-refractivity contribution in [1.29, 1.82) is 0 Å². The highest BCUT2D eigenvalue weighted by atomic mass is 79.9. The lowest BCUT2D eigenvalue weighted by Crippen LogP contribution is -2.15. The fourth-order valence-electron chi connectivity index (χ4n) is 2.76. The summed E-state index contributed by atoms with van der Waals surface area (Å²) >= 11 is 3.45. The zero-order valence-electron chi connectivity index (χ0n) is 7.54. The maximum absolute atomic E-state index is 4.40. The van der Waals surface area contributed by atoms with E-state index in [1.54, 1.807) is 0 Å². The highest BCUT2D eigenvalue weighted by molar-refractivity contribution is 9.10. The molecule has 1 atom stereocenters. The van der Waals surface area contributed by atoms with Gasteiger partial charge in [0.2, 0.25) is 0 Å². The fraction of sp³-hybridized carbons (Fsp3) is 0.700. The number of nitrogens with zero attached hydrogens (tertiary/aromatic N) is 2. The first-order valence-corrected chi connectivity index (χ1v) is 5.79. The van der Waals surface area contributed by atoms with Crippen molar-refractivity contribution in [2.75, 3.05) is 0 Å². The van der Waals surface area contributed by atoms with Gasteiger partial charge in [-0.05, 0) is 47.0 Å². The molecule has 70 valence electrons. The molecule has 2 aliphatic carbocycles. The summed E-state index contributed by atoms with van der Waals surface area (Å²) in [6.45, 7) is 0. The number of halogens is 1. The summed E-state index contributed by atoms with van der Waals surface area (Å²) in [6.07, 6.45) is 11.0. The van der Waals surface area contributed by atoms with Gasteiger partial charge in [0.15, 0.2) is 0 Å². The lowest BCUT2D eigenvalue weighted by Gasteiger charge is -2.18. The molecule has 13 heavy (non-hydrogen) atoms. The molecule has 3 rings (SSSR count). The van der Waals surface area contributed by atoms with Crippen molar-refractivity contribution in [2.24, 2.45) is 5.41 Å². The zero-order valence-corrected chi connectivity index (χ0v) is 9.13. The van der Waals surface area contributed by atoms with E-state index in [0.29, 0.717) is 11.5 Å². The fourth-order valence-corrected chi connectivity index (χ4v) is 3.06. The molecule has 0 saturated heterocycles. The van der Waals surface area contributed by atoms with Crippen LogP contribution in [0.25, 0.3) is 0 Å². The third-order valence-corrected chi connectivity index (χ3v) is 4.05. The van der Waals surface area contributed by atoms with Gasteiger partial charge >= 0.3 is 0 Å². The van der Waals surface area contributed by atoms with E-state index in [1.165, 1.54) is 32.1 Å². The molecule has 0 radical (unpaired) electrons. The summed E-state index contributed by atoms with van der Waals surface area (Å²) in [5.74, 6) is 0. The molecule has 2 aliphatic rings. The molecular formula is C10H13BrN2. The minimum Gasteiger partial charge on any atom is -0.268 e. The second kappa shape index (κ2) is 2.59.